The number of fused-ring (bicyclic) bond motifs is 1. The number of benzene rings is 2. The van der Waals surface area contributed by atoms with Crippen molar-refractivity contribution < 1.29 is 4.79 Å². The number of aryl methyl sites for hydroxylation is 1. The van der Waals surface area contributed by atoms with Gasteiger partial charge in [-0.05, 0) is 56.0 Å². The summed E-state index contributed by atoms with van der Waals surface area (Å²) in [5, 5.41) is 4.02. The molecule has 1 aromatic heterocycles. The lowest BCUT2D eigenvalue weighted by molar-refractivity contribution is -0.119. The first-order valence-corrected chi connectivity index (χ1v) is 11.3. The second kappa shape index (κ2) is 9.46. The Labute approximate surface area is 176 Å². The van der Waals surface area contributed by atoms with Crippen LogP contribution in [0.4, 0.5) is 0 Å². The van der Waals surface area contributed by atoms with Gasteiger partial charge in [0.25, 0.3) is 0 Å². The second-order valence-electron chi connectivity index (χ2n) is 7.79. The molecule has 0 saturated carbocycles. The fourth-order valence-electron chi connectivity index (χ4n) is 3.88. The quantitative estimate of drug-likeness (QED) is 0.584. The van der Waals surface area contributed by atoms with Crippen molar-refractivity contribution in [2.75, 3.05) is 25.4 Å². The highest BCUT2D eigenvalue weighted by Crippen LogP contribution is 2.20. The van der Waals surface area contributed by atoms with Crippen LogP contribution in [0.5, 0.6) is 0 Å². The summed E-state index contributed by atoms with van der Waals surface area (Å²) in [6.45, 7) is 5.16. The lowest BCUT2D eigenvalue weighted by Gasteiger charge is -2.33. The molecule has 0 aliphatic carbocycles. The van der Waals surface area contributed by atoms with Crippen molar-refractivity contribution in [3.8, 4) is 0 Å². The first kappa shape index (κ1) is 20.0. The Morgan fingerprint density at radius 2 is 2.14 bits per heavy atom. The number of nitrogens with zero attached hydrogens (tertiary/aromatic N) is 2. The monoisotopic (exact) mass is 408 g/mol. The minimum absolute atomic E-state index is 0.0848. The molecule has 1 aliphatic rings. The lowest BCUT2D eigenvalue weighted by atomic mass is 10.0. The third-order valence-electron chi connectivity index (χ3n) is 5.39. The van der Waals surface area contributed by atoms with Gasteiger partial charge in [-0.25, -0.2) is 4.98 Å². The number of hydrogen-bond donors (Lipinski definition) is 2. The Morgan fingerprint density at radius 3 is 3.00 bits per heavy atom. The minimum Gasteiger partial charge on any atom is -0.351 e. The van der Waals surface area contributed by atoms with Gasteiger partial charge in [-0.3, -0.25) is 4.79 Å². The molecule has 6 heteroatoms. The van der Waals surface area contributed by atoms with E-state index in [4.69, 9.17) is 0 Å². The molecule has 0 bridgehead atoms. The van der Waals surface area contributed by atoms with E-state index in [2.05, 4.69) is 69.6 Å². The molecule has 2 N–H and O–H groups in total. The van der Waals surface area contributed by atoms with Gasteiger partial charge in [0.15, 0.2) is 5.16 Å². The third-order valence-corrected chi connectivity index (χ3v) is 6.26. The maximum Gasteiger partial charge on any atom is 0.230 e. The van der Waals surface area contributed by atoms with Gasteiger partial charge in [0.1, 0.15) is 0 Å². The van der Waals surface area contributed by atoms with Gasteiger partial charge in [-0.15, -0.1) is 0 Å². The van der Waals surface area contributed by atoms with Gasteiger partial charge in [0, 0.05) is 19.1 Å². The number of piperidine rings is 1. The minimum atomic E-state index is 0.0848. The van der Waals surface area contributed by atoms with E-state index in [1.165, 1.54) is 22.9 Å². The molecule has 3 aromatic rings. The highest BCUT2D eigenvalue weighted by molar-refractivity contribution is 7.99. The van der Waals surface area contributed by atoms with E-state index in [0.29, 0.717) is 5.75 Å². The number of carbonyl (C=O) groups excluding carboxylic acids is 1. The maximum atomic E-state index is 12.4. The number of hydrogen-bond acceptors (Lipinski definition) is 4. The van der Waals surface area contributed by atoms with Gasteiger partial charge in [0.2, 0.25) is 5.91 Å². The van der Waals surface area contributed by atoms with E-state index in [9.17, 15) is 4.79 Å². The van der Waals surface area contributed by atoms with Crippen molar-refractivity contribution in [1.82, 2.24) is 20.2 Å². The molecular formula is C23H28N4OS. The zero-order chi connectivity index (χ0) is 20.1. The van der Waals surface area contributed by atoms with Gasteiger partial charge in [0.05, 0.1) is 16.8 Å². The molecule has 2 aromatic carbocycles. The predicted octanol–water partition coefficient (Wildman–Crippen LogP) is 3.79. The Hall–Kier alpha value is -2.31. The predicted molar refractivity (Wildman–Crippen MR) is 119 cm³/mol. The Kier molecular flexibility index (Phi) is 6.52. The Balaban J connectivity index is 1.23. The van der Waals surface area contributed by atoms with E-state index in [1.807, 2.05) is 6.07 Å². The number of amides is 1. The van der Waals surface area contributed by atoms with Crippen molar-refractivity contribution in [1.29, 1.82) is 0 Å². The molecule has 1 saturated heterocycles. The summed E-state index contributed by atoms with van der Waals surface area (Å²) in [6.07, 6.45) is 3.25. The summed E-state index contributed by atoms with van der Waals surface area (Å²) in [5.74, 6) is 0.473. The highest BCUT2D eigenvalue weighted by atomic mass is 32.2. The average Bonchev–Trinajstić information content (AvgIpc) is 3.14. The molecule has 152 valence electrons. The van der Waals surface area contributed by atoms with Gasteiger partial charge >= 0.3 is 0 Å². The van der Waals surface area contributed by atoms with Gasteiger partial charge in [-0.1, -0.05) is 48.2 Å². The summed E-state index contributed by atoms with van der Waals surface area (Å²) in [7, 11) is 0. The van der Waals surface area contributed by atoms with Crippen molar-refractivity contribution in [2.24, 2.45) is 0 Å². The standard InChI is InChI=1S/C23H28N4OS/c1-17-9-10-20-21(14-17)26-23(25-20)29-16-22(28)24-19-8-5-12-27(15-19)13-11-18-6-3-2-4-7-18/h2-4,6-7,9-10,14,19H,5,8,11-13,15-16H2,1H3,(H,24,28)(H,25,26). The van der Waals surface area contributed by atoms with Gasteiger partial charge in [-0.2, -0.15) is 0 Å². The summed E-state index contributed by atoms with van der Waals surface area (Å²) in [4.78, 5) is 22.8. The van der Waals surface area contributed by atoms with Crippen LogP contribution in [0.25, 0.3) is 11.0 Å². The number of imidazole rings is 1. The van der Waals surface area contributed by atoms with Crippen molar-refractivity contribution in [2.45, 2.75) is 37.4 Å². The summed E-state index contributed by atoms with van der Waals surface area (Å²) >= 11 is 1.46. The fourth-order valence-corrected chi connectivity index (χ4v) is 4.58. The normalized spacial score (nSPS) is 17.5. The number of aromatic amines is 1. The summed E-state index contributed by atoms with van der Waals surface area (Å²) < 4.78 is 0. The summed E-state index contributed by atoms with van der Waals surface area (Å²) in [6, 6.07) is 17.0. The first-order valence-electron chi connectivity index (χ1n) is 10.3. The average molecular weight is 409 g/mol. The number of thioether (sulfide) groups is 1. The van der Waals surface area contributed by atoms with Crippen LogP contribution in [-0.2, 0) is 11.2 Å². The zero-order valence-electron chi connectivity index (χ0n) is 16.9. The van der Waals surface area contributed by atoms with Crippen LogP contribution >= 0.6 is 11.8 Å². The number of nitrogens with one attached hydrogen (secondary N) is 2. The molecular weight excluding hydrogens is 380 g/mol. The molecule has 0 spiro atoms. The zero-order valence-corrected chi connectivity index (χ0v) is 17.7. The maximum absolute atomic E-state index is 12.4. The van der Waals surface area contributed by atoms with Gasteiger partial charge < -0.3 is 15.2 Å². The second-order valence-corrected chi connectivity index (χ2v) is 8.76. The molecule has 2 heterocycles. The topological polar surface area (TPSA) is 61.0 Å². The largest absolute Gasteiger partial charge is 0.351 e. The van der Waals surface area contributed by atoms with E-state index in [0.717, 1.165) is 55.1 Å². The first-order chi connectivity index (χ1) is 14.2. The van der Waals surface area contributed by atoms with E-state index < -0.39 is 0 Å². The fraction of sp³-hybridized carbons (Fsp3) is 0.391. The van der Waals surface area contributed by atoms with Crippen LogP contribution in [0.15, 0.2) is 53.7 Å². The molecule has 1 amide bonds. The molecule has 1 atom stereocenters. The van der Waals surface area contributed by atoms with Crippen LogP contribution in [0.2, 0.25) is 0 Å². The molecule has 1 unspecified atom stereocenters. The highest BCUT2D eigenvalue weighted by Gasteiger charge is 2.21. The number of H-pyrrole nitrogens is 1. The molecule has 29 heavy (non-hydrogen) atoms. The SMILES string of the molecule is Cc1ccc2nc(SCC(=O)NC3CCCN(CCc4ccccc4)C3)[nH]c2c1. The Bertz CT molecular complexity index is 956. The number of carbonyl (C=O) groups is 1. The van der Waals surface area contributed by atoms with E-state index >= 15 is 0 Å². The number of rotatable bonds is 7. The molecule has 4 rings (SSSR count). The van der Waals surface area contributed by atoms with E-state index in [-0.39, 0.29) is 11.9 Å². The lowest BCUT2D eigenvalue weighted by Crippen LogP contribution is -2.48. The van der Waals surface area contributed by atoms with Crippen molar-refractivity contribution in [3.05, 3.63) is 59.7 Å². The van der Waals surface area contributed by atoms with Crippen molar-refractivity contribution in [3.63, 3.8) is 0 Å². The van der Waals surface area contributed by atoms with Crippen LogP contribution in [-0.4, -0.2) is 52.2 Å². The number of likely N-dealkylation sites (tertiary alicyclic amines) is 1. The van der Waals surface area contributed by atoms with Crippen molar-refractivity contribution >= 4 is 28.7 Å². The van der Waals surface area contributed by atoms with Crippen LogP contribution in [0.1, 0.15) is 24.0 Å². The Morgan fingerprint density at radius 1 is 1.28 bits per heavy atom. The number of aromatic nitrogens is 2. The van der Waals surface area contributed by atoms with Crippen LogP contribution in [0, 0.1) is 6.92 Å². The molecule has 0 radical (unpaired) electrons. The van der Waals surface area contributed by atoms with E-state index in [1.54, 1.807) is 0 Å². The third kappa shape index (κ3) is 5.61. The molecule has 5 nitrogen and oxygen atoms in total. The molecule has 1 aliphatic heterocycles. The van der Waals surface area contributed by atoms with Crippen LogP contribution < -0.4 is 5.32 Å². The summed E-state index contributed by atoms with van der Waals surface area (Å²) in [5.41, 5.74) is 4.54. The molecule has 1 fully saturated rings. The smallest absolute Gasteiger partial charge is 0.230 e. The van der Waals surface area contributed by atoms with Crippen LogP contribution in [0.3, 0.4) is 0 Å².